The molecule has 1 heterocycles. The van der Waals surface area contributed by atoms with E-state index in [-0.39, 0.29) is 12.3 Å². The molecule has 0 unspecified atom stereocenters. The van der Waals surface area contributed by atoms with Gasteiger partial charge in [0.05, 0.1) is 20.3 Å². The smallest absolute Gasteiger partial charge is 0.227 e. The molecule has 8 heteroatoms. The van der Waals surface area contributed by atoms with Crippen molar-refractivity contribution >= 4 is 11.6 Å². The Hall–Kier alpha value is -3.55. The SMILES string of the molecule is CCCOc1ccc(NC(=O)CCc2nc(-c3ccc(OC)cc3)no2)cc1OCCC. The fourth-order valence-corrected chi connectivity index (χ4v) is 2.90. The van der Waals surface area contributed by atoms with E-state index in [0.717, 1.165) is 24.2 Å². The second-order valence-corrected chi connectivity index (χ2v) is 7.15. The summed E-state index contributed by atoms with van der Waals surface area (Å²) in [5, 5.41) is 6.87. The number of benzene rings is 2. The highest BCUT2D eigenvalue weighted by Crippen LogP contribution is 2.31. The number of amides is 1. The quantitative estimate of drug-likeness (QED) is 0.429. The van der Waals surface area contributed by atoms with Crippen LogP contribution in [0.15, 0.2) is 47.0 Å². The molecule has 0 radical (unpaired) electrons. The third-order valence-corrected chi connectivity index (χ3v) is 4.53. The van der Waals surface area contributed by atoms with Crippen molar-refractivity contribution in [3.8, 4) is 28.6 Å². The molecule has 0 saturated heterocycles. The summed E-state index contributed by atoms with van der Waals surface area (Å²) in [5.74, 6) is 2.78. The van der Waals surface area contributed by atoms with Crippen molar-refractivity contribution < 1.29 is 23.5 Å². The zero-order chi connectivity index (χ0) is 22.8. The van der Waals surface area contributed by atoms with Gasteiger partial charge in [0.2, 0.25) is 17.6 Å². The first-order chi connectivity index (χ1) is 15.6. The van der Waals surface area contributed by atoms with Crippen molar-refractivity contribution in [1.82, 2.24) is 10.1 Å². The average Bonchev–Trinajstić information content (AvgIpc) is 3.30. The summed E-state index contributed by atoms with van der Waals surface area (Å²) in [7, 11) is 1.61. The Bertz CT molecular complexity index is 1000. The molecule has 1 N–H and O–H groups in total. The van der Waals surface area contributed by atoms with Crippen molar-refractivity contribution in [2.75, 3.05) is 25.6 Å². The van der Waals surface area contributed by atoms with E-state index in [4.69, 9.17) is 18.7 Å². The summed E-state index contributed by atoms with van der Waals surface area (Å²) in [6.45, 7) is 5.27. The molecule has 0 aliphatic heterocycles. The van der Waals surface area contributed by atoms with Gasteiger partial charge in [0.25, 0.3) is 0 Å². The molecule has 0 bridgehead atoms. The predicted molar refractivity (Wildman–Crippen MR) is 121 cm³/mol. The first kappa shape index (κ1) is 23.1. The van der Waals surface area contributed by atoms with Crippen molar-refractivity contribution in [2.45, 2.75) is 39.5 Å². The molecule has 0 fully saturated rings. The van der Waals surface area contributed by atoms with Crippen LogP contribution in [0.5, 0.6) is 17.2 Å². The van der Waals surface area contributed by atoms with Gasteiger partial charge in [-0.05, 0) is 49.2 Å². The highest BCUT2D eigenvalue weighted by Gasteiger charge is 2.13. The van der Waals surface area contributed by atoms with Crippen LogP contribution in [0.2, 0.25) is 0 Å². The molecule has 1 amide bonds. The summed E-state index contributed by atoms with van der Waals surface area (Å²) in [4.78, 5) is 16.8. The normalized spacial score (nSPS) is 10.6. The molecule has 3 aromatic rings. The van der Waals surface area contributed by atoms with Crippen LogP contribution in [0.3, 0.4) is 0 Å². The average molecular weight is 440 g/mol. The Morgan fingerprint density at radius 1 is 1.00 bits per heavy atom. The number of rotatable bonds is 12. The maximum Gasteiger partial charge on any atom is 0.227 e. The summed E-state index contributed by atoms with van der Waals surface area (Å²) in [5.41, 5.74) is 1.46. The minimum absolute atomic E-state index is 0.155. The molecule has 32 heavy (non-hydrogen) atoms. The summed E-state index contributed by atoms with van der Waals surface area (Å²) < 4.78 is 21.9. The molecular formula is C24H29N3O5. The zero-order valence-electron chi connectivity index (χ0n) is 18.7. The van der Waals surface area contributed by atoms with Crippen LogP contribution in [-0.2, 0) is 11.2 Å². The Kier molecular flexibility index (Phi) is 8.48. The molecule has 0 aliphatic carbocycles. The Morgan fingerprint density at radius 3 is 2.41 bits per heavy atom. The fraction of sp³-hybridized carbons (Fsp3) is 0.375. The minimum Gasteiger partial charge on any atom is -0.497 e. The van der Waals surface area contributed by atoms with E-state index in [2.05, 4.69) is 15.5 Å². The molecule has 1 aromatic heterocycles. The van der Waals surface area contributed by atoms with Gasteiger partial charge < -0.3 is 24.1 Å². The first-order valence-corrected chi connectivity index (χ1v) is 10.8. The topological polar surface area (TPSA) is 95.7 Å². The van der Waals surface area contributed by atoms with Crippen LogP contribution in [0.1, 0.15) is 39.0 Å². The van der Waals surface area contributed by atoms with Crippen molar-refractivity contribution in [3.63, 3.8) is 0 Å². The van der Waals surface area contributed by atoms with Gasteiger partial charge in [0.1, 0.15) is 5.75 Å². The highest BCUT2D eigenvalue weighted by atomic mass is 16.5. The van der Waals surface area contributed by atoms with Crippen LogP contribution in [0, 0.1) is 0 Å². The van der Waals surface area contributed by atoms with Crippen LogP contribution in [0.4, 0.5) is 5.69 Å². The van der Waals surface area contributed by atoms with Gasteiger partial charge >= 0.3 is 0 Å². The number of carbonyl (C=O) groups is 1. The number of nitrogens with one attached hydrogen (secondary N) is 1. The number of methoxy groups -OCH3 is 1. The van der Waals surface area contributed by atoms with Crippen molar-refractivity contribution in [3.05, 3.63) is 48.4 Å². The lowest BCUT2D eigenvalue weighted by molar-refractivity contribution is -0.116. The van der Waals surface area contributed by atoms with E-state index < -0.39 is 0 Å². The van der Waals surface area contributed by atoms with Crippen molar-refractivity contribution in [1.29, 1.82) is 0 Å². The largest absolute Gasteiger partial charge is 0.497 e. The van der Waals surface area contributed by atoms with Gasteiger partial charge in [0.15, 0.2) is 11.5 Å². The van der Waals surface area contributed by atoms with Gasteiger partial charge in [-0.3, -0.25) is 4.79 Å². The number of nitrogens with zero attached hydrogens (tertiary/aromatic N) is 2. The summed E-state index contributed by atoms with van der Waals surface area (Å²) >= 11 is 0. The molecule has 170 valence electrons. The Balaban J connectivity index is 1.56. The van der Waals surface area contributed by atoms with Crippen molar-refractivity contribution in [2.24, 2.45) is 0 Å². The second-order valence-electron chi connectivity index (χ2n) is 7.15. The van der Waals surface area contributed by atoms with Gasteiger partial charge in [-0.2, -0.15) is 4.98 Å². The standard InChI is InChI=1S/C24H29N3O5/c1-4-14-30-20-11-8-18(16-21(20)31-15-5-2)25-22(28)12-13-23-26-24(27-32-23)17-6-9-19(29-3)10-7-17/h6-11,16H,4-5,12-15H2,1-3H3,(H,25,28). The lowest BCUT2D eigenvalue weighted by Crippen LogP contribution is -2.12. The lowest BCUT2D eigenvalue weighted by atomic mass is 10.2. The first-order valence-electron chi connectivity index (χ1n) is 10.8. The third kappa shape index (κ3) is 6.47. The molecule has 2 aromatic carbocycles. The number of aryl methyl sites for hydroxylation is 1. The highest BCUT2D eigenvalue weighted by molar-refractivity contribution is 5.91. The Labute approximate surface area is 187 Å². The molecule has 0 aliphatic rings. The van der Waals surface area contributed by atoms with Gasteiger partial charge in [-0.15, -0.1) is 0 Å². The minimum atomic E-state index is -0.155. The summed E-state index contributed by atoms with van der Waals surface area (Å²) in [6, 6.07) is 12.8. The second kappa shape index (κ2) is 11.7. The van der Waals surface area contributed by atoms with Crippen LogP contribution in [0.25, 0.3) is 11.4 Å². The van der Waals surface area contributed by atoms with Crippen LogP contribution in [-0.4, -0.2) is 36.4 Å². The zero-order valence-corrected chi connectivity index (χ0v) is 18.7. The van der Waals surface area contributed by atoms with E-state index >= 15 is 0 Å². The molecule has 0 saturated carbocycles. The fourth-order valence-electron chi connectivity index (χ4n) is 2.90. The number of carbonyl (C=O) groups excluding carboxylic acids is 1. The number of hydrogen-bond acceptors (Lipinski definition) is 7. The van der Waals surface area contributed by atoms with Gasteiger partial charge in [0, 0.05) is 30.2 Å². The molecule has 0 spiro atoms. The van der Waals surface area contributed by atoms with Crippen LogP contribution >= 0.6 is 0 Å². The van der Waals surface area contributed by atoms with E-state index in [1.54, 1.807) is 19.2 Å². The van der Waals surface area contributed by atoms with Gasteiger partial charge in [-0.1, -0.05) is 19.0 Å². The summed E-state index contributed by atoms with van der Waals surface area (Å²) in [6.07, 6.45) is 2.34. The maximum atomic E-state index is 12.4. The molecule has 0 atom stereocenters. The van der Waals surface area contributed by atoms with Crippen LogP contribution < -0.4 is 19.5 Å². The Morgan fingerprint density at radius 2 is 1.72 bits per heavy atom. The van der Waals surface area contributed by atoms with E-state index in [0.29, 0.717) is 48.5 Å². The maximum absolute atomic E-state index is 12.4. The molecule has 3 rings (SSSR count). The molecular weight excluding hydrogens is 410 g/mol. The van der Waals surface area contributed by atoms with E-state index in [9.17, 15) is 4.79 Å². The molecule has 8 nitrogen and oxygen atoms in total. The van der Waals surface area contributed by atoms with E-state index in [1.807, 2.05) is 44.2 Å². The van der Waals surface area contributed by atoms with E-state index in [1.165, 1.54) is 0 Å². The lowest BCUT2D eigenvalue weighted by Gasteiger charge is -2.14. The number of aromatic nitrogens is 2. The predicted octanol–water partition coefficient (Wildman–Crippen LogP) is 4.89. The monoisotopic (exact) mass is 439 g/mol. The number of hydrogen-bond donors (Lipinski definition) is 1. The van der Waals surface area contributed by atoms with Gasteiger partial charge in [-0.25, -0.2) is 0 Å². The number of anilines is 1. The number of ether oxygens (including phenoxy) is 3. The third-order valence-electron chi connectivity index (χ3n) is 4.53.